The largest absolute Gasteiger partial charge is 0.458 e. The second-order valence-electron chi connectivity index (χ2n) is 7.56. The number of carbonyl (C=O) groups is 1. The first kappa shape index (κ1) is 18.3. The highest BCUT2D eigenvalue weighted by Crippen LogP contribution is 2.39. The molecule has 1 N–H and O–H groups in total. The van der Waals surface area contributed by atoms with Gasteiger partial charge >= 0.3 is 5.97 Å². The molecule has 0 fully saturated rings. The van der Waals surface area contributed by atoms with Crippen LogP contribution in [-0.4, -0.2) is 20.6 Å². The molecule has 0 saturated carbocycles. The number of carbonyl (C=O) groups excluding carboxylic acids is 1. The Morgan fingerprint density at radius 3 is 2.79 bits per heavy atom. The Labute approximate surface area is 171 Å². The van der Waals surface area contributed by atoms with Crippen molar-refractivity contribution < 1.29 is 14.6 Å². The summed E-state index contributed by atoms with van der Waals surface area (Å²) in [5.74, 6) is -0.721. The van der Waals surface area contributed by atoms with Gasteiger partial charge < -0.3 is 14.4 Å². The van der Waals surface area contributed by atoms with E-state index in [4.69, 9.17) is 21.3 Å². The minimum Gasteiger partial charge on any atom is -0.458 e. The normalized spacial score (nSPS) is 19.7. The molecule has 2 aliphatic heterocycles. The van der Waals surface area contributed by atoms with Crippen LogP contribution in [0, 0.1) is 0 Å². The van der Waals surface area contributed by atoms with Crippen molar-refractivity contribution in [2.75, 3.05) is 0 Å². The van der Waals surface area contributed by atoms with Crippen molar-refractivity contribution in [1.82, 2.24) is 9.55 Å². The Bertz CT molecular complexity index is 1280. The number of esters is 1. The van der Waals surface area contributed by atoms with Gasteiger partial charge in [-0.05, 0) is 36.6 Å². The molecule has 0 unspecified atom stereocenters. The summed E-state index contributed by atoms with van der Waals surface area (Å²) in [6, 6.07) is 7.54. The molecule has 0 saturated heterocycles. The van der Waals surface area contributed by atoms with Gasteiger partial charge in [0.05, 0.1) is 29.0 Å². The standard InChI is InChI=1S/C22H19ClN2O4/c1-3-11-5-6-16(23)13-7-12-9-25-17(19(12)24-18(11)13)8-15-14(20(25)26)10-29-21(27)22(15,28)4-2/h5-8,28H,3-4,9-10H2,1-2H3/t22-/m0/s1. The number of pyridine rings is 2. The molecule has 0 bridgehead atoms. The SMILES string of the molecule is CCc1ccc(Cl)c2cc3c(nc12)-c1cc2c(c(=O)n1C3)COC(=O)[C@]2(O)CC. The summed E-state index contributed by atoms with van der Waals surface area (Å²) in [6.07, 6.45) is 0.924. The third-order valence-electron chi connectivity index (χ3n) is 6.09. The summed E-state index contributed by atoms with van der Waals surface area (Å²) in [5, 5.41) is 12.4. The number of aliphatic hydroxyl groups is 1. The topological polar surface area (TPSA) is 81.4 Å². The zero-order valence-corrected chi connectivity index (χ0v) is 16.8. The fourth-order valence-electron chi connectivity index (χ4n) is 4.37. The van der Waals surface area contributed by atoms with Crippen molar-refractivity contribution >= 4 is 28.5 Å². The molecule has 3 aromatic rings. The van der Waals surface area contributed by atoms with E-state index in [1.165, 1.54) is 0 Å². The number of nitrogens with zero attached hydrogens (tertiary/aromatic N) is 2. The number of fused-ring (bicyclic) bond motifs is 5. The second kappa shape index (κ2) is 6.15. The molecule has 1 aromatic carbocycles. The second-order valence-corrected chi connectivity index (χ2v) is 7.96. The van der Waals surface area contributed by atoms with E-state index in [2.05, 4.69) is 6.92 Å². The average Bonchev–Trinajstić information content (AvgIpc) is 3.09. The van der Waals surface area contributed by atoms with Crippen LogP contribution in [0.15, 0.2) is 29.1 Å². The van der Waals surface area contributed by atoms with Gasteiger partial charge in [-0.15, -0.1) is 0 Å². The van der Waals surface area contributed by atoms with Crippen LogP contribution in [0.25, 0.3) is 22.3 Å². The van der Waals surface area contributed by atoms with Crippen molar-refractivity contribution in [3.63, 3.8) is 0 Å². The fraction of sp³-hybridized carbons (Fsp3) is 0.318. The van der Waals surface area contributed by atoms with Crippen molar-refractivity contribution in [2.45, 2.75) is 45.4 Å². The fourth-order valence-corrected chi connectivity index (χ4v) is 4.58. The molecule has 148 valence electrons. The minimum absolute atomic E-state index is 0.120. The van der Waals surface area contributed by atoms with E-state index < -0.39 is 11.6 Å². The van der Waals surface area contributed by atoms with E-state index in [-0.39, 0.29) is 18.6 Å². The summed E-state index contributed by atoms with van der Waals surface area (Å²) in [7, 11) is 0. The van der Waals surface area contributed by atoms with Gasteiger partial charge in [0.1, 0.15) is 6.61 Å². The summed E-state index contributed by atoms with van der Waals surface area (Å²) >= 11 is 6.41. The van der Waals surface area contributed by atoms with Gasteiger partial charge in [0, 0.05) is 21.5 Å². The maximum absolute atomic E-state index is 13.2. The monoisotopic (exact) mass is 410 g/mol. The molecule has 29 heavy (non-hydrogen) atoms. The highest BCUT2D eigenvalue weighted by atomic mass is 35.5. The number of rotatable bonds is 2. The number of ether oxygens (including phenoxy) is 1. The quantitative estimate of drug-likeness (QED) is 0.513. The van der Waals surface area contributed by atoms with Crippen LogP contribution < -0.4 is 5.56 Å². The number of cyclic esters (lactones) is 1. The lowest BCUT2D eigenvalue weighted by Crippen LogP contribution is -2.44. The van der Waals surface area contributed by atoms with E-state index in [0.717, 1.165) is 28.5 Å². The van der Waals surface area contributed by atoms with Gasteiger partial charge in [-0.1, -0.05) is 31.5 Å². The predicted molar refractivity (Wildman–Crippen MR) is 109 cm³/mol. The van der Waals surface area contributed by atoms with Crippen LogP contribution in [0.4, 0.5) is 0 Å². The molecular formula is C22H19ClN2O4. The maximum Gasteiger partial charge on any atom is 0.343 e. The summed E-state index contributed by atoms with van der Waals surface area (Å²) in [6.45, 7) is 3.98. The molecule has 0 spiro atoms. The third-order valence-corrected chi connectivity index (χ3v) is 6.42. The lowest BCUT2D eigenvalue weighted by Gasteiger charge is -2.31. The van der Waals surface area contributed by atoms with E-state index in [1.54, 1.807) is 17.6 Å². The molecule has 0 aliphatic carbocycles. The minimum atomic E-state index is -1.82. The summed E-state index contributed by atoms with van der Waals surface area (Å²) < 4.78 is 6.73. The van der Waals surface area contributed by atoms with Gasteiger partial charge in [-0.2, -0.15) is 0 Å². The first-order chi connectivity index (χ1) is 13.9. The van der Waals surface area contributed by atoms with Crippen LogP contribution in [0.1, 0.15) is 42.5 Å². The van der Waals surface area contributed by atoms with Crippen molar-refractivity contribution in [2.24, 2.45) is 0 Å². The zero-order chi connectivity index (χ0) is 20.5. The number of hydrogen-bond donors (Lipinski definition) is 1. The van der Waals surface area contributed by atoms with Gasteiger partial charge in [0.2, 0.25) is 0 Å². The molecule has 5 rings (SSSR count). The van der Waals surface area contributed by atoms with Gasteiger partial charge in [0.15, 0.2) is 5.60 Å². The Hall–Kier alpha value is -2.70. The molecule has 6 nitrogen and oxygen atoms in total. The van der Waals surface area contributed by atoms with E-state index in [9.17, 15) is 14.7 Å². The first-order valence-corrected chi connectivity index (χ1v) is 10.0. The Kier molecular flexibility index (Phi) is 3.89. The van der Waals surface area contributed by atoms with E-state index in [0.29, 0.717) is 34.1 Å². The van der Waals surface area contributed by atoms with E-state index >= 15 is 0 Å². The number of halogens is 1. The number of aryl methyl sites for hydroxylation is 1. The average molecular weight is 411 g/mol. The first-order valence-electron chi connectivity index (χ1n) is 9.67. The lowest BCUT2D eigenvalue weighted by molar-refractivity contribution is -0.172. The Morgan fingerprint density at radius 1 is 1.28 bits per heavy atom. The smallest absolute Gasteiger partial charge is 0.343 e. The van der Waals surface area contributed by atoms with Crippen molar-refractivity contribution in [1.29, 1.82) is 0 Å². The van der Waals surface area contributed by atoms with E-state index in [1.807, 2.05) is 18.2 Å². The Morgan fingerprint density at radius 2 is 2.07 bits per heavy atom. The zero-order valence-electron chi connectivity index (χ0n) is 16.1. The van der Waals surface area contributed by atoms with Crippen LogP contribution in [0.2, 0.25) is 5.02 Å². The summed E-state index contributed by atoms with van der Waals surface area (Å²) in [4.78, 5) is 30.3. The van der Waals surface area contributed by atoms with Gasteiger partial charge in [0.25, 0.3) is 5.56 Å². The molecule has 0 radical (unpaired) electrons. The number of benzene rings is 1. The highest BCUT2D eigenvalue weighted by Gasteiger charge is 2.45. The van der Waals surface area contributed by atoms with Crippen LogP contribution >= 0.6 is 11.6 Å². The molecule has 4 heterocycles. The summed E-state index contributed by atoms with van der Waals surface area (Å²) in [5.41, 5.74) is 2.62. The molecule has 2 aliphatic rings. The van der Waals surface area contributed by atoms with Crippen molar-refractivity contribution in [3.8, 4) is 11.4 Å². The highest BCUT2D eigenvalue weighted by molar-refractivity contribution is 6.35. The van der Waals surface area contributed by atoms with Crippen LogP contribution in [0.3, 0.4) is 0 Å². The molecule has 0 amide bonds. The third kappa shape index (κ3) is 2.36. The van der Waals surface area contributed by atoms with Crippen molar-refractivity contribution in [3.05, 3.63) is 61.9 Å². The molecule has 1 atom stereocenters. The maximum atomic E-state index is 13.2. The molecule has 2 aromatic heterocycles. The van der Waals surface area contributed by atoms with Crippen LogP contribution in [-0.2, 0) is 34.7 Å². The number of hydrogen-bond acceptors (Lipinski definition) is 5. The van der Waals surface area contributed by atoms with Gasteiger partial charge in [-0.3, -0.25) is 4.79 Å². The Balaban J connectivity index is 1.82. The predicted octanol–water partition coefficient (Wildman–Crippen LogP) is 3.30. The number of aromatic nitrogens is 2. The van der Waals surface area contributed by atoms with Gasteiger partial charge in [-0.25, -0.2) is 9.78 Å². The molecular weight excluding hydrogens is 392 g/mol. The van der Waals surface area contributed by atoms with Crippen LogP contribution in [0.5, 0.6) is 0 Å². The lowest BCUT2D eigenvalue weighted by atomic mass is 9.86. The molecule has 7 heteroatoms.